The summed E-state index contributed by atoms with van der Waals surface area (Å²) in [7, 11) is -2.38. The van der Waals surface area contributed by atoms with Crippen LogP contribution in [0.4, 0.5) is 0 Å². The summed E-state index contributed by atoms with van der Waals surface area (Å²) in [5.74, 6) is 0.422. The molecule has 0 spiro atoms. The number of halogens is 1. The standard InChI is InChI=1S/C25H19ClO2S2/c26-22-12-14-23(15-13-22)29(27)18-19-6-4-7-20(16-19)21-8-5-11-25(17-21)30(28)24-9-2-1-3-10-24/h1-17H,18H2. The van der Waals surface area contributed by atoms with Gasteiger partial charge in [-0.1, -0.05) is 66.2 Å². The van der Waals surface area contributed by atoms with Crippen LogP contribution in [0.15, 0.2) is 118 Å². The first-order valence-electron chi connectivity index (χ1n) is 9.40. The fourth-order valence-corrected chi connectivity index (χ4v) is 5.46. The van der Waals surface area contributed by atoms with Crippen molar-refractivity contribution >= 4 is 33.2 Å². The minimum Gasteiger partial charge on any atom is -0.254 e. The van der Waals surface area contributed by atoms with Crippen molar-refractivity contribution < 1.29 is 8.42 Å². The average Bonchev–Trinajstić information content (AvgIpc) is 2.80. The van der Waals surface area contributed by atoms with Gasteiger partial charge in [-0.05, 0) is 65.2 Å². The highest BCUT2D eigenvalue weighted by molar-refractivity contribution is 7.85. The first kappa shape index (κ1) is 20.7. The number of rotatable bonds is 6. The molecular formula is C25H19ClO2S2. The Hall–Kier alpha value is -2.53. The number of benzene rings is 4. The van der Waals surface area contributed by atoms with Gasteiger partial charge in [0.05, 0.1) is 27.4 Å². The maximum absolute atomic E-state index is 12.9. The highest BCUT2D eigenvalue weighted by Crippen LogP contribution is 2.26. The fraction of sp³-hybridized carbons (Fsp3) is 0.0400. The quantitative estimate of drug-likeness (QED) is 0.337. The van der Waals surface area contributed by atoms with Gasteiger partial charge in [-0.2, -0.15) is 0 Å². The van der Waals surface area contributed by atoms with Crippen LogP contribution >= 0.6 is 11.6 Å². The lowest BCUT2D eigenvalue weighted by atomic mass is 10.0. The van der Waals surface area contributed by atoms with Crippen LogP contribution in [0.2, 0.25) is 5.02 Å². The maximum atomic E-state index is 12.9. The molecule has 0 heterocycles. The van der Waals surface area contributed by atoms with Gasteiger partial charge in [-0.25, -0.2) is 4.21 Å². The summed E-state index contributed by atoms with van der Waals surface area (Å²) >= 11 is 5.92. The lowest BCUT2D eigenvalue weighted by Gasteiger charge is -2.08. The Morgan fingerprint density at radius 2 is 1.23 bits per heavy atom. The highest BCUT2D eigenvalue weighted by Gasteiger charge is 2.10. The Labute approximate surface area is 186 Å². The normalized spacial score (nSPS) is 13.0. The van der Waals surface area contributed by atoms with Crippen molar-refractivity contribution in [3.05, 3.63) is 114 Å². The molecule has 0 amide bonds. The van der Waals surface area contributed by atoms with Gasteiger partial charge in [0.15, 0.2) is 0 Å². The molecule has 0 aromatic heterocycles. The number of hydrogen-bond donors (Lipinski definition) is 0. The van der Waals surface area contributed by atoms with Crippen LogP contribution < -0.4 is 0 Å². The minimum atomic E-state index is -1.23. The lowest BCUT2D eigenvalue weighted by Crippen LogP contribution is -1.97. The van der Waals surface area contributed by atoms with Crippen molar-refractivity contribution in [3.63, 3.8) is 0 Å². The second kappa shape index (κ2) is 9.52. The average molecular weight is 451 g/mol. The van der Waals surface area contributed by atoms with E-state index in [4.69, 9.17) is 11.6 Å². The predicted molar refractivity (Wildman–Crippen MR) is 125 cm³/mol. The van der Waals surface area contributed by atoms with E-state index in [2.05, 4.69) is 0 Å². The van der Waals surface area contributed by atoms with E-state index in [0.717, 1.165) is 31.4 Å². The minimum absolute atomic E-state index is 0.422. The van der Waals surface area contributed by atoms with Crippen LogP contribution in [0.1, 0.15) is 5.56 Å². The Balaban J connectivity index is 1.57. The van der Waals surface area contributed by atoms with Crippen molar-refractivity contribution in [2.75, 3.05) is 0 Å². The summed E-state index contributed by atoms with van der Waals surface area (Å²) < 4.78 is 25.6. The summed E-state index contributed by atoms with van der Waals surface area (Å²) in [6.07, 6.45) is 0. The molecule has 30 heavy (non-hydrogen) atoms. The third-order valence-electron chi connectivity index (χ3n) is 4.64. The summed E-state index contributed by atoms with van der Waals surface area (Å²) in [5.41, 5.74) is 2.97. The van der Waals surface area contributed by atoms with E-state index in [-0.39, 0.29) is 0 Å². The zero-order valence-electron chi connectivity index (χ0n) is 16.0. The summed E-state index contributed by atoms with van der Waals surface area (Å²) in [6.45, 7) is 0. The fourth-order valence-electron chi connectivity index (χ4n) is 3.13. The van der Waals surface area contributed by atoms with E-state index < -0.39 is 21.6 Å². The predicted octanol–water partition coefficient (Wildman–Crippen LogP) is 6.48. The molecule has 0 fully saturated rings. The lowest BCUT2D eigenvalue weighted by molar-refractivity contribution is 0.682. The van der Waals surface area contributed by atoms with E-state index in [1.54, 1.807) is 24.3 Å². The summed E-state index contributed by atoms with van der Waals surface area (Å²) in [6, 6.07) is 32.3. The van der Waals surface area contributed by atoms with Crippen molar-refractivity contribution in [3.8, 4) is 11.1 Å². The SMILES string of the molecule is O=S(Cc1cccc(-c2cccc(S(=O)c3ccccc3)c2)c1)c1ccc(Cl)cc1. The third kappa shape index (κ3) is 4.96. The van der Waals surface area contributed by atoms with Crippen molar-refractivity contribution in [1.29, 1.82) is 0 Å². The molecule has 150 valence electrons. The van der Waals surface area contributed by atoms with Crippen LogP contribution in [0.25, 0.3) is 11.1 Å². The van der Waals surface area contributed by atoms with E-state index in [0.29, 0.717) is 10.8 Å². The summed E-state index contributed by atoms with van der Waals surface area (Å²) in [5, 5.41) is 0.630. The van der Waals surface area contributed by atoms with E-state index >= 15 is 0 Å². The van der Waals surface area contributed by atoms with Gasteiger partial charge in [0.1, 0.15) is 0 Å². The van der Waals surface area contributed by atoms with Crippen molar-refractivity contribution in [2.24, 2.45) is 0 Å². The third-order valence-corrected chi connectivity index (χ3v) is 7.67. The van der Waals surface area contributed by atoms with Gasteiger partial charge < -0.3 is 0 Å². The second-order valence-corrected chi connectivity index (χ2v) is 10.1. The Morgan fingerprint density at radius 1 is 0.600 bits per heavy atom. The maximum Gasteiger partial charge on any atom is 0.0849 e. The van der Waals surface area contributed by atoms with Gasteiger partial charge >= 0.3 is 0 Å². The van der Waals surface area contributed by atoms with Gasteiger partial charge in [0, 0.05) is 19.7 Å². The molecule has 0 radical (unpaired) electrons. The van der Waals surface area contributed by atoms with Gasteiger partial charge in [-0.15, -0.1) is 0 Å². The molecule has 2 unspecified atom stereocenters. The molecule has 4 rings (SSSR count). The largest absolute Gasteiger partial charge is 0.254 e. The van der Waals surface area contributed by atoms with Crippen molar-refractivity contribution in [1.82, 2.24) is 0 Å². The topological polar surface area (TPSA) is 34.1 Å². The molecule has 5 heteroatoms. The summed E-state index contributed by atoms with van der Waals surface area (Å²) in [4.78, 5) is 2.29. The Morgan fingerprint density at radius 3 is 1.97 bits per heavy atom. The highest BCUT2D eigenvalue weighted by atomic mass is 35.5. The molecular weight excluding hydrogens is 432 g/mol. The molecule has 0 bridgehead atoms. The molecule has 0 aliphatic rings. The monoisotopic (exact) mass is 450 g/mol. The van der Waals surface area contributed by atoms with Gasteiger partial charge in [0.25, 0.3) is 0 Å². The first-order valence-corrected chi connectivity index (χ1v) is 12.2. The molecule has 0 saturated carbocycles. The van der Waals surface area contributed by atoms with E-state index in [1.165, 1.54) is 0 Å². The zero-order chi connectivity index (χ0) is 20.9. The van der Waals surface area contributed by atoms with Crippen LogP contribution in [0.5, 0.6) is 0 Å². The zero-order valence-corrected chi connectivity index (χ0v) is 18.4. The Bertz CT molecular complexity index is 1210. The molecule has 0 aliphatic heterocycles. The van der Waals surface area contributed by atoms with Gasteiger partial charge in [0.2, 0.25) is 0 Å². The van der Waals surface area contributed by atoms with Crippen LogP contribution in [0.3, 0.4) is 0 Å². The molecule has 2 atom stereocenters. The molecule has 4 aromatic rings. The van der Waals surface area contributed by atoms with Crippen molar-refractivity contribution in [2.45, 2.75) is 20.4 Å². The second-order valence-electron chi connectivity index (χ2n) is 6.75. The molecule has 0 aliphatic carbocycles. The first-order chi connectivity index (χ1) is 14.6. The molecule has 0 N–H and O–H groups in total. The smallest absolute Gasteiger partial charge is 0.0849 e. The van der Waals surface area contributed by atoms with E-state index in [1.807, 2.05) is 78.9 Å². The molecule has 2 nitrogen and oxygen atoms in total. The molecule has 4 aromatic carbocycles. The molecule has 0 saturated heterocycles. The number of hydrogen-bond acceptors (Lipinski definition) is 2. The van der Waals surface area contributed by atoms with E-state index in [9.17, 15) is 8.42 Å². The van der Waals surface area contributed by atoms with Crippen LogP contribution in [-0.4, -0.2) is 8.42 Å². The van der Waals surface area contributed by atoms with Crippen LogP contribution in [-0.2, 0) is 27.4 Å². The van der Waals surface area contributed by atoms with Gasteiger partial charge in [-0.3, -0.25) is 4.21 Å². The Kier molecular flexibility index (Phi) is 6.58. The van der Waals surface area contributed by atoms with Crippen LogP contribution in [0, 0.1) is 0 Å².